The van der Waals surface area contributed by atoms with Crippen LogP contribution in [-0.4, -0.2) is 43.4 Å². The van der Waals surface area contributed by atoms with Crippen LogP contribution in [0, 0.1) is 0 Å². The minimum atomic E-state index is 0.302. The fraction of sp³-hybridized carbons (Fsp3) is 0.583. The number of aromatic nitrogens is 6. The van der Waals surface area contributed by atoms with Crippen molar-refractivity contribution in [3.05, 3.63) is 12.2 Å². The van der Waals surface area contributed by atoms with Crippen LogP contribution in [0.2, 0.25) is 0 Å². The molecule has 2 aromatic rings. The molecule has 2 rings (SSSR count). The lowest BCUT2D eigenvalue weighted by molar-refractivity contribution is 0.292. The maximum Gasteiger partial charge on any atom is 0.323 e. The van der Waals surface area contributed by atoms with Gasteiger partial charge in [0.25, 0.3) is 0 Å². The van der Waals surface area contributed by atoms with Gasteiger partial charge in [-0.15, -0.1) is 10.2 Å². The number of nitrogens with zero attached hydrogens (tertiary/aromatic N) is 6. The highest BCUT2D eigenvalue weighted by molar-refractivity contribution is 5.35. The molecule has 0 unspecified atom stereocenters. The predicted octanol–water partition coefficient (Wildman–Crippen LogP) is 0.926. The molecule has 9 nitrogen and oxygen atoms in total. The summed E-state index contributed by atoms with van der Waals surface area (Å²) in [4.78, 5) is 12.6. The van der Waals surface area contributed by atoms with Crippen LogP contribution in [0.3, 0.4) is 0 Å². The molecule has 21 heavy (non-hydrogen) atoms. The van der Waals surface area contributed by atoms with Gasteiger partial charge in [0.05, 0.1) is 13.2 Å². The zero-order valence-corrected chi connectivity index (χ0v) is 12.5. The van der Waals surface area contributed by atoms with Gasteiger partial charge in [0.2, 0.25) is 11.9 Å². The van der Waals surface area contributed by atoms with E-state index in [1.807, 2.05) is 18.4 Å². The first kappa shape index (κ1) is 14.9. The van der Waals surface area contributed by atoms with E-state index in [1.54, 1.807) is 13.4 Å². The molecule has 0 aliphatic heterocycles. The van der Waals surface area contributed by atoms with Crippen LogP contribution < -0.4 is 15.4 Å². The predicted molar refractivity (Wildman–Crippen MR) is 78.2 cm³/mol. The van der Waals surface area contributed by atoms with Crippen LogP contribution in [0.5, 0.6) is 6.01 Å². The van der Waals surface area contributed by atoms with Gasteiger partial charge in [-0.3, -0.25) is 0 Å². The Balaban J connectivity index is 2.07. The summed E-state index contributed by atoms with van der Waals surface area (Å²) < 4.78 is 7.39. The number of rotatable bonds is 8. The molecule has 0 fully saturated rings. The number of hydrogen-bond donors (Lipinski definition) is 2. The Hall–Kier alpha value is -2.45. The van der Waals surface area contributed by atoms with Crippen LogP contribution in [-0.2, 0) is 13.1 Å². The molecule has 9 heteroatoms. The van der Waals surface area contributed by atoms with Crippen LogP contribution in [0.15, 0.2) is 6.33 Å². The average molecular weight is 292 g/mol. The smallest absolute Gasteiger partial charge is 0.323 e. The zero-order chi connectivity index (χ0) is 15.1. The molecule has 0 bridgehead atoms. The second kappa shape index (κ2) is 7.36. The Labute approximate surface area is 123 Å². The van der Waals surface area contributed by atoms with E-state index in [2.05, 4.69) is 35.8 Å². The molecule has 0 amide bonds. The lowest BCUT2D eigenvalue weighted by Crippen LogP contribution is -2.12. The Morgan fingerprint density at radius 3 is 2.71 bits per heavy atom. The van der Waals surface area contributed by atoms with E-state index in [-0.39, 0.29) is 0 Å². The van der Waals surface area contributed by atoms with Gasteiger partial charge in [0.15, 0.2) is 5.82 Å². The maximum atomic E-state index is 5.44. The third-order valence-corrected chi connectivity index (χ3v) is 2.71. The van der Waals surface area contributed by atoms with Gasteiger partial charge in [-0.25, -0.2) is 0 Å². The number of ether oxygens (including phenoxy) is 1. The summed E-state index contributed by atoms with van der Waals surface area (Å²) in [6.07, 6.45) is 2.59. The Morgan fingerprint density at radius 1 is 1.19 bits per heavy atom. The van der Waals surface area contributed by atoms with Gasteiger partial charge in [-0.05, 0) is 13.3 Å². The highest BCUT2D eigenvalue weighted by atomic mass is 16.5. The van der Waals surface area contributed by atoms with Crippen LogP contribution >= 0.6 is 0 Å². The monoisotopic (exact) mass is 292 g/mol. The second-order valence-corrected chi connectivity index (χ2v) is 4.25. The van der Waals surface area contributed by atoms with Gasteiger partial charge < -0.3 is 19.9 Å². The normalized spacial score (nSPS) is 10.4. The molecular formula is C12H20N8O. The highest BCUT2D eigenvalue weighted by Gasteiger charge is 2.08. The second-order valence-electron chi connectivity index (χ2n) is 4.25. The number of aryl methyl sites for hydroxylation is 1. The molecule has 0 aliphatic carbocycles. The first-order chi connectivity index (χ1) is 10.3. The molecule has 0 aliphatic rings. The zero-order valence-electron chi connectivity index (χ0n) is 12.5. The molecule has 2 N–H and O–H groups in total. The summed E-state index contributed by atoms with van der Waals surface area (Å²) in [5.74, 6) is 1.71. The minimum absolute atomic E-state index is 0.302. The summed E-state index contributed by atoms with van der Waals surface area (Å²) >= 11 is 0. The lowest BCUT2D eigenvalue weighted by atomic mass is 10.5. The fourth-order valence-electron chi connectivity index (χ4n) is 1.64. The molecule has 0 spiro atoms. The maximum absolute atomic E-state index is 5.44. The van der Waals surface area contributed by atoms with Crippen LogP contribution in [0.4, 0.5) is 11.9 Å². The third kappa shape index (κ3) is 4.01. The van der Waals surface area contributed by atoms with Crippen molar-refractivity contribution in [1.82, 2.24) is 29.7 Å². The Kier molecular flexibility index (Phi) is 5.24. The molecule has 0 aromatic carbocycles. The van der Waals surface area contributed by atoms with Gasteiger partial charge in [0.1, 0.15) is 6.33 Å². The summed E-state index contributed by atoms with van der Waals surface area (Å²) in [5, 5.41) is 13.9. The lowest BCUT2D eigenvalue weighted by Gasteiger charge is -2.09. The summed E-state index contributed by atoms with van der Waals surface area (Å²) in [6, 6.07) is 0.302. The fourth-order valence-corrected chi connectivity index (χ4v) is 1.64. The first-order valence-electron chi connectivity index (χ1n) is 6.94. The van der Waals surface area contributed by atoms with Gasteiger partial charge in [-0.2, -0.15) is 15.0 Å². The van der Waals surface area contributed by atoms with Gasteiger partial charge in [0, 0.05) is 13.6 Å². The molecule has 2 heterocycles. The van der Waals surface area contributed by atoms with E-state index >= 15 is 0 Å². The first-order valence-corrected chi connectivity index (χ1v) is 6.94. The standard InChI is InChI=1S/C12H20N8O/c1-4-6-21-12-17-10(13-3)16-11(18-12)14-7-9-19-15-8-20(9)5-2/h8H,4-7H2,1-3H3,(H2,13,14,16,17,18). The largest absolute Gasteiger partial charge is 0.463 e. The Bertz CT molecular complexity index is 570. The van der Waals surface area contributed by atoms with Crippen molar-refractivity contribution < 1.29 is 4.74 Å². The van der Waals surface area contributed by atoms with E-state index < -0.39 is 0 Å². The summed E-state index contributed by atoms with van der Waals surface area (Å²) in [6.45, 7) is 5.92. The average Bonchev–Trinajstić information content (AvgIpc) is 2.98. The van der Waals surface area contributed by atoms with E-state index in [0.29, 0.717) is 31.1 Å². The third-order valence-electron chi connectivity index (χ3n) is 2.71. The van der Waals surface area contributed by atoms with Crippen molar-refractivity contribution >= 4 is 11.9 Å². The molecular weight excluding hydrogens is 272 g/mol. The molecule has 0 radical (unpaired) electrons. The van der Waals surface area contributed by atoms with E-state index in [0.717, 1.165) is 18.8 Å². The molecule has 114 valence electrons. The number of anilines is 2. The van der Waals surface area contributed by atoms with Gasteiger partial charge >= 0.3 is 6.01 Å². The van der Waals surface area contributed by atoms with Gasteiger partial charge in [-0.1, -0.05) is 6.92 Å². The van der Waals surface area contributed by atoms with E-state index in [1.165, 1.54) is 0 Å². The Morgan fingerprint density at radius 2 is 2.00 bits per heavy atom. The minimum Gasteiger partial charge on any atom is -0.463 e. The van der Waals surface area contributed by atoms with E-state index in [9.17, 15) is 0 Å². The summed E-state index contributed by atoms with van der Waals surface area (Å²) in [7, 11) is 1.75. The quantitative estimate of drug-likeness (QED) is 0.740. The van der Waals surface area contributed by atoms with Crippen molar-refractivity contribution in [3.8, 4) is 6.01 Å². The topological polar surface area (TPSA) is 103 Å². The van der Waals surface area contributed by atoms with Crippen molar-refractivity contribution in [2.24, 2.45) is 0 Å². The highest BCUT2D eigenvalue weighted by Crippen LogP contribution is 2.11. The molecule has 0 saturated heterocycles. The number of hydrogen-bond acceptors (Lipinski definition) is 8. The molecule has 2 aromatic heterocycles. The van der Waals surface area contributed by atoms with Crippen molar-refractivity contribution in [2.45, 2.75) is 33.4 Å². The van der Waals surface area contributed by atoms with Crippen molar-refractivity contribution in [1.29, 1.82) is 0 Å². The van der Waals surface area contributed by atoms with E-state index in [4.69, 9.17) is 4.74 Å². The molecule has 0 saturated carbocycles. The van der Waals surface area contributed by atoms with Crippen LogP contribution in [0.25, 0.3) is 0 Å². The van der Waals surface area contributed by atoms with Crippen molar-refractivity contribution in [2.75, 3.05) is 24.3 Å². The number of nitrogens with one attached hydrogen (secondary N) is 2. The van der Waals surface area contributed by atoms with Crippen LogP contribution in [0.1, 0.15) is 26.1 Å². The van der Waals surface area contributed by atoms with Crippen molar-refractivity contribution in [3.63, 3.8) is 0 Å². The molecule has 0 atom stereocenters. The summed E-state index contributed by atoms with van der Waals surface area (Å²) in [5.41, 5.74) is 0. The SMILES string of the molecule is CCCOc1nc(NC)nc(NCc2nncn2CC)n1.